The summed E-state index contributed by atoms with van der Waals surface area (Å²) < 4.78 is 16.8. The van der Waals surface area contributed by atoms with Gasteiger partial charge in [-0.05, 0) is 69.4 Å². The van der Waals surface area contributed by atoms with Crippen molar-refractivity contribution in [3.63, 3.8) is 0 Å². The molecule has 1 aromatic rings. The molecular formula is C26H34O4. The Kier molecular flexibility index (Phi) is 7.71. The molecule has 0 spiro atoms. The minimum absolute atomic E-state index is 0.326. The maximum Gasteiger partial charge on any atom is 0.330 e. The Bertz CT molecular complexity index is 911. The standard InChI is InChI=1S/C26H34O4/c1-9-29-25(27)13-18(4)11-10-12-19(5)20-14-21-22(17(2)3)16-26(6,7)30-24(21)15-23(20)28-8/h10-17H,9H2,1-8H3/b11-10+,18-13+,19-12-. The lowest BCUT2D eigenvalue weighted by molar-refractivity contribution is -0.137. The van der Waals surface area contributed by atoms with Crippen molar-refractivity contribution in [3.8, 4) is 11.5 Å². The van der Waals surface area contributed by atoms with Gasteiger partial charge in [-0.15, -0.1) is 0 Å². The first kappa shape index (κ1) is 23.5. The molecule has 0 saturated carbocycles. The van der Waals surface area contributed by atoms with Crippen LogP contribution >= 0.6 is 0 Å². The molecule has 0 aromatic heterocycles. The monoisotopic (exact) mass is 410 g/mol. The quantitative estimate of drug-likeness (QED) is 0.297. The fraction of sp³-hybridized carbons (Fsp3) is 0.423. The zero-order valence-corrected chi connectivity index (χ0v) is 19.5. The summed E-state index contributed by atoms with van der Waals surface area (Å²) in [7, 11) is 1.67. The van der Waals surface area contributed by atoms with E-state index in [1.54, 1.807) is 14.0 Å². The highest BCUT2D eigenvalue weighted by atomic mass is 16.5. The minimum atomic E-state index is -0.352. The lowest BCUT2D eigenvalue weighted by atomic mass is 9.86. The van der Waals surface area contributed by atoms with E-state index in [0.717, 1.165) is 33.8 Å². The molecule has 0 radical (unpaired) electrons. The molecule has 0 amide bonds. The second-order valence-electron chi connectivity index (χ2n) is 8.36. The molecule has 0 N–H and O–H groups in total. The number of benzene rings is 1. The maximum absolute atomic E-state index is 11.5. The number of methoxy groups -OCH3 is 1. The molecule has 1 heterocycles. The largest absolute Gasteiger partial charge is 0.496 e. The van der Waals surface area contributed by atoms with Crippen molar-refractivity contribution < 1.29 is 19.0 Å². The van der Waals surface area contributed by atoms with Crippen LogP contribution in [-0.4, -0.2) is 25.3 Å². The third kappa shape index (κ3) is 5.88. The van der Waals surface area contributed by atoms with E-state index in [0.29, 0.717) is 12.5 Å². The summed E-state index contributed by atoms with van der Waals surface area (Å²) in [5, 5.41) is 0. The van der Waals surface area contributed by atoms with Crippen LogP contribution in [0.1, 0.15) is 59.6 Å². The minimum Gasteiger partial charge on any atom is -0.496 e. The summed E-state index contributed by atoms with van der Waals surface area (Å²) in [5.74, 6) is 1.68. The van der Waals surface area contributed by atoms with Gasteiger partial charge in [0.1, 0.15) is 17.1 Å². The first-order chi connectivity index (χ1) is 14.1. The van der Waals surface area contributed by atoms with Crippen LogP contribution in [0.25, 0.3) is 11.1 Å². The van der Waals surface area contributed by atoms with Crippen LogP contribution in [0.15, 0.2) is 48.1 Å². The van der Waals surface area contributed by atoms with Crippen LogP contribution in [0.2, 0.25) is 0 Å². The molecule has 0 atom stereocenters. The summed E-state index contributed by atoms with van der Waals surface area (Å²) in [5.41, 5.74) is 4.94. The third-order valence-electron chi connectivity index (χ3n) is 4.87. The van der Waals surface area contributed by atoms with Crippen molar-refractivity contribution in [3.05, 3.63) is 59.2 Å². The molecule has 0 fully saturated rings. The van der Waals surface area contributed by atoms with E-state index in [1.165, 1.54) is 11.6 Å². The van der Waals surface area contributed by atoms with Gasteiger partial charge in [0.05, 0.1) is 13.7 Å². The average molecular weight is 411 g/mol. The average Bonchev–Trinajstić information content (AvgIpc) is 2.65. The van der Waals surface area contributed by atoms with Crippen molar-refractivity contribution in [2.45, 2.75) is 54.1 Å². The van der Waals surface area contributed by atoms with Crippen LogP contribution in [-0.2, 0) is 9.53 Å². The van der Waals surface area contributed by atoms with Crippen molar-refractivity contribution in [1.29, 1.82) is 0 Å². The summed E-state index contributed by atoms with van der Waals surface area (Å²) in [6, 6.07) is 4.13. The number of fused-ring (bicyclic) bond motifs is 1. The first-order valence-corrected chi connectivity index (χ1v) is 10.4. The molecule has 0 bridgehead atoms. The van der Waals surface area contributed by atoms with Gasteiger partial charge in [0, 0.05) is 23.3 Å². The van der Waals surface area contributed by atoms with E-state index in [1.807, 2.05) is 38.1 Å². The molecule has 162 valence electrons. The number of rotatable bonds is 7. The number of carbonyl (C=O) groups is 1. The molecule has 0 aliphatic carbocycles. The smallest absolute Gasteiger partial charge is 0.330 e. The summed E-state index contributed by atoms with van der Waals surface area (Å²) in [4.78, 5) is 11.5. The second kappa shape index (κ2) is 9.84. The van der Waals surface area contributed by atoms with Gasteiger partial charge in [-0.1, -0.05) is 32.1 Å². The zero-order valence-electron chi connectivity index (χ0n) is 19.5. The van der Waals surface area contributed by atoms with Gasteiger partial charge in [0.15, 0.2) is 0 Å². The van der Waals surface area contributed by atoms with Crippen LogP contribution in [0.3, 0.4) is 0 Å². The first-order valence-electron chi connectivity index (χ1n) is 10.4. The Morgan fingerprint density at radius 1 is 1.23 bits per heavy atom. The maximum atomic E-state index is 11.5. The summed E-state index contributed by atoms with van der Waals surface area (Å²) in [6.07, 6.45) is 9.52. The fourth-order valence-corrected chi connectivity index (χ4v) is 3.44. The van der Waals surface area contributed by atoms with E-state index in [4.69, 9.17) is 14.2 Å². The Morgan fingerprint density at radius 2 is 1.93 bits per heavy atom. The molecule has 1 aliphatic rings. The Labute approximate surface area is 180 Å². The predicted octanol–water partition coefficient (Wildman–Crippen LogP) is 6.37. The van der Waals surface area contributed by atoms with Crippen molar-refractivity contribution in [1.82, 2.24) is 0 Å². The van der Waals surface area contributed by atoms with Crippen LogP contribution in [0, 0.1) is 5.92 Å². The lowest BCUT2D eigenvalue weighted by Gasteiger charge is -2.33. The molecule has 1 aromatic carbocycles. The Hall–Kier alpha value is -2.75. The molecule has 0 saturated heterocycles. The summed E-state index contributed by atoms with van der Waals surface area (Å²) >= 11 is 0. The van der Waals surface area contributed by atoms with Crippen molar-refractivity contribution >= 4 is 17.1 Å². The van der Waals surface area contributed by atoms with E-state index in [-0.39, 0.29) is 11.6 Å². The van der Waals surface area contributed by atoms with Gasteiger partial charge in [0.2, 0.25) is 0 Å². The van der Waals surface area contributed by atoms with Gasteiger partial charge >= 0.3 is 5.97 Å². The molecular weight excluding hydrogens is 376 g/mol. The van der Waals surface area contributed by atoms with Crippen LogP contribution in [0.4, 0.5) is 0 Å². The van der Waals surface area contributed by atoms with Gasteiger partial charge in [-0.25, -0.2) is 4.79 Å². The topological polar surface area (TPSA) is 44.8 Å². The predicted molar refractivity (Wildman–Crippen MR) is 124 cm³/mol. The van der Waals surface area contributed by atoms with Crippen molar-refractivity contribution in [2.24, 2.45) is 5.92 Å². The highest BCUT2D eigenvalue weighted by molar-refractivity contribution is 5.83. The van der Waals surface area contributed by atoms with E-state index >= 15 is 0 Å². The van der Waals surface area contributed by atoms with Crippen LogP contribution < -0.4 is 9.47 Å². The van der Waals surface area contributed by atoms with Crippen molar-refractivity contribution in [2.75, 3.05) is 13.7 Å². The molecule has 4 heteroatoms. The van der Waals surface area contributed by atoms with Gasteiger partial charge in [-0.3, -0.25) is 0 Å². The van der Waals surface area contributed by atoms with Crippen LogP contribution in [0.5, 0.6) is 11.5 Å². The van der Waals surface area contributed by atoms with E-state index in [2.05, 4.69) is 39.8 Å². The number of ether oxygens (including phenoxy) is 3. The molecule has 0 unspecified atom stereocenters. The fourth-order valence-electron chi connectivity index (χ4n) is 3.44. The van der Waals surface area contributed by atoms with E-state index < -0.39 is 0 Å². The van der Waals surface area contributed by atoms with Gasteiger partial charge in [-0.2, -0.15) is 0 Å². The SMILES string of the molecule is CCOC(=O)/C=C(C)/C=C/C=C(/C)c1cc2c(cc1OC)OC(C)(C)C=C2C(C)C. The number of allylic oxidation sites excluding steroid dienone is 6. The third-order valence-corrected chi connectivity index (χ3v) is 4.87. The Morgan fingerprint density at radius 3 is 2.53 bits per heavy atom. The highest BCUT2D eigenvalue weighted by Crippen LogP contribution is 2.44. The summed E-state index contributed by atoms with van der Waals surface area (Å²) in [6.45, 7) is 14.6. The number of esters is 1. The van der Waals surface area contributed by atoms with Gasteiger partial charge < -0.3 is 14.2 Å². The lowest BCUT2D eigenvalue weighted by Crippen LogP contribution is -2.29. The number of hydrogen-bond acceptors (Lipinski definition) is 4. The Balaban J connectivity index is 2.40. The molecule has 30 heavy (non-hydrogen) atoms. The molecule has 4 nitrogen and oxygen atoms in total. The molecule has 2 rings (SSSR count). The number of carbonyl (C=O) groups excluding carboxylic acids is 1. The zero-order chi connectivity index (χ0) is 22.5. The van der Waals surface area contributed by atoms with E-state index in [9.17, 15) is 4.79 Å². The number of hydrogen-bond donors (Lipinski definition) is 0. The molecule has 1 aliphatic heterocycles. The van der Waals surface area contributed by atoms with Gasteiger partial charge in [0.25, 0.3) is 0 Å². The highest BCUT2D eigenvalue weighted by Gasteiger charge is 2.29. The normalized spacial score (nSPS) is 16.2. The second-order valence-corrected chi connectivity index (χ2v) is 8.36.